The Labute approximate surface area is 225 Å². The summed E-state index contributed by atoms with van der Waals surface area (Å²) in [5.74, 6) is -0.709. The van der Waals surface area contributed by atoms with Gasteiger partial charge in [0.05, 0.1) is 12.1 Å². The van der Waals surface area contributed by atoms with Gasteiger partial charge in [0, 0.05) is 18.7 Å². The zero-order valence-electron chi connectivity index (χ0n) is 23.1. The summed E-state index contributed by atoms with van der Waals surface area (Å²) in [6.07, 6.45) is 3.25. The Hall–Kier alpha value is -3.39. The summed E-state index contributed by atoms with van der Waals surface area (Å²) in [5, 5.41) is 9.13. The van der Waals surface area contributed by atoms with E-state index in [0.717, 1.165) is 36.0 Å². The van der Waals surface area contributed by atoms with Gasteiger partial charge in [-0.05, 0) is 73.0 Å². The first-order valence-corrected chi connectivity index (χ1v) is 13.5. The number of nitrogens with two attached hydrogens (primary N) is 1. The van der Waals surface area contributed by atoms with Crippen LogP contribution in [0.2, 0.25) is 0 Å². The average molecular weight is 520 g/mol. The topological polar surface area (TPSA) is 117 Å². The minimum atomic E-state index is -0.806. The highest BCUT2D eigenvalue weighted by Gasteiger charge is 2.42. The van der Waals surface area contributed by atoms with Crippen LogP contribution in [-0.4, -0.2) is 47.8 Å². The first-order valence-electron chi connectivity index (χ1n) is 13.5. The standard InChI is InChI=1S/C30H41N5O3/c1-18(32-5)27(36)34-26(30(2,3)4)29(38)35-17-21-15-22(31)14-13-20(21)16-25(35)28(37)33-24-12-8-10-19-9-6-7-11-23(19)24/h6-7,9,11,13-15,18,24-26,32H,8,10,12,16-17,31H2,1-5H3,(H,33,37)(H,34,36). The quantitative estimate of drug-likeness (QED) is 0.438. The predicted molar refractivity (Wildman–Crippen MR) is 149 cm³/mol. The lowest BCUT2D eigenvalue weighted by Crippen LogP contribution is -2.62. The van der Waals surface area contributed by atoms with Crippen LogP contribution in [0.25, 0.3) is 0 Å². The van der Waals surface area contributed by atoms with Crippen LogP contribution in [0.15, 0.2) is 42.5 Å². The van der Waals surface area contributed by atoms with Gasteiger partial charge in [0.1, 0.15) is 12.1 Å². The Morgan fingerprint density at radius 3 is 2.50 bits per heavy atom. The van der Waals surface area contributed by atoms with Crippen LogP contribution < -0.4 is 21.7 Å². The normalized spacial score (nSPS) is 20.5. The number of aryl methyl sites for hydroxylation is 1. The van der Waals surface area contributed by atoms with Gasteiger partial charge in [0.2, 0.25) is 17.7 Å². The molecule has 2 aliphatic rings. The van der Waals surface area contributed by atoms with Gasteiger partial charge in [0.25, 0.3) is 0 Å². The molecule has 4 atom stereocenters. The zero-order valence-corrected chi connectivity index (χ0v) is 23.1. The number of amides is 3. The molecule has 0 fully saturated rings. The third-order valence-corrected chi connectivity index (χ3v) is 7.86. The second kappa shape index (κ2) is 11.2. The Morgan fingerprint density at radius 1 is 1.05 bits per heavy atom. The highest BCUT2D eigenvalue weighted by atomic mass is 16.2. The molecule has 0 spiro atoms. The third-order valence-electron chi connectivity index (χ3n) is 7.86. The molecule has 1 heterocycles. The summed E-state index contributed by atoms with van der Waals surface area (Å²) in [7, 11) is 1.70. The maximum atomic E-state index is 14.2. The van der Waals surface area contributed by atoms with Crippen LogP contribution in [0, 0.1) is 5.41 Å². The summed E-state index contributed by atoms with van der Waals surface area (Å²) < 4.78 is 0. The highest BCUT2D eigenvalue weighted by molar-refractivity contribution is 5.94. The molecule has 2 aromatic carbocycles. The van der Waals surface area contributed by atoms with E-state index in [1.54, 1.807) is 18.9 Å². The first kappa shape index (κ1) is 27.6. The highest BCUT2D eigenvalue weighted by Crippen LogP contribution is 2.32. The molecular weight excluding hydrogens is 478 g/mol. The van der Waals surface area contributed by atoms with Gasteiger partial charge in [0.15, 0.2) is 0 Å². The number of nitrogens with zero attached hydrogens (tertiary/aromatic N) is 1. The van der Waals surface area contributed by atoms with Crippen molar-refractivity contribution < 1.29 is 14.4 Å². The maximum absolute atomic E-state index is 14.2. The van der Waals surface area contributed by atoms with Crippen LogP contribution in [-0.2, 0) is 33.8 Å². The first-order chi connectivity index (χ1) is 18.0. The van der Waals surface area contributed by atoms with Crippen molar-refractivity contribution in [2.24, 2.45) is 5.41 Å². The number of hydrogen-bond donors (Lipinski definition) is 4. The lowest BCUT2D eigenvalue weighted by molar-refractivity contribution is -0.147. The molecule has 2 aromatic rings. The summed E-state index contributed by atoms with van der Waals surface area (Å²) in [6, 6.07) is 11.8. The predicted octanol–water partition coefficient (Wildman–Crippen LogP) is 2.85. The largest absolute Gasteiger partial charge is 0.399 e. The lowest BCUT2D eigenvalue weighted by Gasteiger charge is -2.41. The van der Waals surface area contributed by atoms with Gasteiger partial charge in [-0.25, -0.2) is 0 Å². The van der Waals surface area contributed by atoms with Crippen LogP contribution >= 0.6 is 0 Å². The molecule has 8 nitrogen and oxygen atoms in total. The number of anilines is 1. The number of nitrogen functional groups attached to an aromatic ring is 1. The number of hydrogen-bond acceptors (Lipinski definition) is 5. The van der Waals surface area contributed by atoms with E-state index in [9.17, 15) is 14.4 Å². The number of fused-ring (bicyclic) bond motifs is 2. The Morgan fingerprint density at radius 2 is 1.79 bits per heavy atom. The van der Waals surface area contributed by atoms with Crippen molar-refractivity contribution in [3.8, 4) is 0 Å². The molecule has 4 unspecified atom stereocenters. The Bertz CT molecular complexity index is 1200. The summed E-state index contributed by atoms with van der Waals surface area (Å²) >= 11 is 0. The molecule has 5 N–H and O–H groups in total. The van der Waals surface area contributed by atoms with Crippen molar-refractivity contribution >= 4 is 23.4 Å². The van der Waals surface area contributed by atoms with Gasteiger partial charge in [-0.15, -0.1) is 0 Å². The molecule has 1 aliphatic carbocycles. The minimum absolute atomic E-state index is 0.0909. The fourth-order valence-corrected chi connectivity index (χ4v) is 5.45. The zero-order chi connectivity index (χ0) is 27.6. The average Bonchev–Trinajstić information content (AvgIpc) is 2.89. The number of likely N-dealkylation sites (N-methyl/N-ethyl adjacent to an activating group) is 1. The number of rotatable bonds is 6. The molecule has 1 aliphatic heterocycles. The Balaban J connectivity index is 1.65. The van der Waals surface area contributed by atoms with Crippen molar-refractivity contribution in [3.63, 3.8) is 0 Å². The third kappa shape index (κ3) is 5.85. The molecular formula is C30H41N5O3. The molecule has 3 amide bonds. The van der Waals surface area contributed by atoms with Gasteiger partial charge < -0.3 is 26.6 Å². The van der Waals surface area contributed by atoms with E-state index in [0.29, 0.717) is 12.1 Å². The molecule has 8 heteroatoms. The van der Waals surface area contributed by atoms with E-state index in [1.165, 1.54) is 5.56 Å². The monoisotopic (exact) mass is 519 g/mol. The molecule has 204 valence electrons. The van der Waals surface area contributed by atoms with Gasteiger partial charge >= 0.3 is 0 Å². The van der Waals surface area contributed by atoms with Crippen molar-refractivity contribution in [3.05, 3.63) is 64.7 Å². The second-order valence-corrected chi connectivity index (χ2v) is 11.7. The molecule has 0 bridgehead atoms. The van der Waals surface area contributed by atoms with Crippen LogP contribution in [0.5, 0.6) is 0 Å². The Kier molecular flexibility index (Phi) is 8.11. The number of carbonyl (C=O) groups excluding carboxylic acids is 3. The number of carbonyl (C=O) groups is 3. The summed E-state index contributed by atoms with van der Waals surface area (Å²) in [6.45, 7) is 7.76. The van der Waals surface area contributed by atoms with Crippen LogP contribution in [0.3, 0.4) is 0 Å². The number of benzene rings is 2. The number of nitrogens with one attached hydrogen (secondary N) is 3. The van der Waals surface area contributed by atoms with Crippen LogP contribution in [0.4, 0.5) is 5.69 Å². The van der Waals surface area contributed by atoms with E-state index in [-0.39, 0.29) is 30.3 Å². The molecule has 0 aromatic heterocycles. The molecule has 0 saturated carbocycles. The van der Waals surface area contributed by atoms with Gasteiger partial charge in [-0.1, -0.05) is 51.1 Å². The van der Waals surface area contributed by atoms with Crippen molar-refractivity contribution in [1.29, 1.82) is 0 Å². The molecule has 0 saturated heterocycles. The lowest BCUT2D eigenvalue weighted by atomic mass is 9.83. The van der Waals surface area contributed by atoms with Crippen molar-refractivity contribution in [1.82, 2.24) is 20.9 Å². The maximum Gasteiger partial charge on any atom is 0.246 e. The fraction of sp³-hybridized carbons (Fsp3) is 0.500. The summed E-state index contributed by atoms with van der Waals surface area (Å²) in [4.78, 5) is 42.5. The SMILES string of the molecule is CNC(C)C(=O)NC(C(=O)N1Cc2cc(N)ccc2CC1C(=O)NC1CCCc2ccccc21)C(C)(C)C. The molecule has 0 radical (unpaired) electrons. The molecule has 4 rings (SSSR count). The summed E-state index contributed by atoms with van der Waals surface area (Å²) in [5.41, 5.74) is 10.4. The molecule has 38 heavy (non-hydrogen) atoms. The van der Waals surface area contributed by atoms with Crippen LogP contribution in [0.1, 0.15) is 68.8 Å². The smallest absolute Gasteiger partial charge is 0.246 e. The van der Waals surface area contributed by atoms with Gasteiger partial charge in [-0.3, -0.25) is 14.4 Å². The van der Waals surface area contributed by atoms with E-state index >= 15 is 0 Å². The second-order valence-electron chi connectivity index (χ2n) is 11.7. The van der Waals surface area contributed by atoms with E-state index in [1.807, 2.05) is 51.1 Å². The van der Waals surface area contributed by atoms with Crippen molar-refractivity contribution in [2.75, 3.05) is 12.8 Å². The van der Waals surface area contributed by atoms with Gasteiger partial charge in [-0.2, -0.15) is 0 Å². The van der Waals surface area contributed by atoms with E-state index < -0.39 is 23.5 Å². The fourth-order valence-electron chi connectivity index (χ4n) is 5.45. The minimum Gasteiger partial charge on any atom is -0.399 e. The van der Waals surface area contributed by atoms with E-state index in [4.69, 9.17) is 5.73 Å². The van der Waals surface area contributed by atoms with Crippen molar-refractivity contribution in [2.45, 2.75) is 84.1 Å². The van der Waals surface area contributed by atoms with E-state index in [2.05, 4.69) is 28.1 Å².